The molecular formula is C43H46F2N5O7+. The second-order valence-electron chi connectivity index (χ2n) is 13.9. The normalized spacial score (nSPS) is 20.0. The lowest BCUT2D eigenvalue weighted by Gasteiger charge is -2.41. The van der Waals surface area contributed by atoms with E-state index in [0.29, 0.717) is 17.4 Å². The Morgan fingerprint density at radius 2 is 1.63 bits per heavy atom. The minimum Gasteiger partial charge on any atom is -0.485 e. The van der Waals surface area contributed by atoms with Gasteiger partial charge >= 0.3 is 11.9 Å². The summed E-state index contributed by atoms with van der Waals surface area (Å²) >= 11 is 0. The Balaban J connectivity index is 1.45. The number of quaternary nitrogens is 1. The molecule has 4 atom stereocenters. The monoisotopic (exact) mass is 782 g/mol. The van der Waals surface area contributed by atoms with Crippen LogP contribution in [0.3, 0.4) is 0 Å². The minimum atomic E-state index is -1.17. The molecule has 3 aromatic carbocycles. The van der Waals surface area contributed by atoms with Crippen molar-refractivity contribution in [1.82, 2.24) is 9.47 Å². The number of carbonyl (C=O) groups is 2. The summed E-state index contributed by atoms with van der Waals surface area (Å²) in [6.45, 7) is 6.86. The number of pyridine rings is 1. The largest absolute Gasteiger partial charge is 0.485 e. The average Bonchev–Trinajstić information content (AvgIpc) is 3.68. The van der Waals surface area contributed by atoms with Gasteiger partial charge in [-0.15, -0.1) is 0 Å². The summed E-state index contributed by atoms with van der Waals surface area (Å²) in [5.41, 5.74) is 1.33. The third-order valence-corrected chi connectivity index (χ3v) is 10.2. The Morgan fingerprint density at radius 1 is 0.895 bits per heavy atom. The van der Waals surface area contributed by atoms with Crippen LogP contribution in [0, 0.1) is 34.8 Å². The van der Waals surface area contributed by atoms with Crippen LogP contribution in [0.25, 0.3) is 0 Å². The van der Waals surface area contributed by atoms with Gasteiger partial charge in [-0.05, 0) is 69.9 Å². The highest BCUT2D eigenvalue weighted by molar-refractivity contribution is 5.78. The summed E-state index contributed by atoms with van der Waals surface area (Å²) in [7, 11) is 1.99. The van der Waals surface area contributed by atoms with Gasteiger partial charge in [0.05, 0.1) is 50.3 Å². The van der Waals surface area contributed by atoms with Crippen LogP contribution in [-0.4, -0.2) is 69.2 Å². The molecule has 1 fully saturated rings. The number of esters is 2. The number of nitrogens with zero attached hydrogens (tertiary/aromatic N) is 5. The van der Waals surface area contributed by atoms with E-state index in [1.54, 1.807) is 39.0 Å². The van der Waals surface area contributed by atoms with Crippen LogP contribution in [0.2, 0.25) is 0 Å². The minimum absolute atomic E-state index is 0.0430. The van der Waals surface area contributed by atoms with Gasteiger partial charge in [-0.1, -0.05) is 36.4 Å². The van der Waals surface area contributed by atoms with Crippen molar-refractivity contribution in [3.63, 3.8) is 0 Å². The molecule has 4 aromatic rings. The molecule has 1 aromatic heterocycles. The number of hydrogen-bond donors (Lipinski definition) is 0. The zero-order chi connectivity index (χ0) is 40.5. The van der Waals surface area contributed by atoms with E-state index < -0.39 is 58.9 Å². The molecule has 0 saturated heterocycles. The molecule has 0 radical (unpaired) electrons. The quantitative estimate of drug-likeness (QED) is 0.0861. The number of ether oxygens (including phenoxy) is 5. The number of rotatable bonds is 15. The van der Waals surface area contributed by atoms with Crippen LogP contribution in [0.1, 0.15) is 51.2 Å². The highest BCUT2D eigenvalue weighted by Crippen LogP contribution is 2.44. The van der Waals surface area contributed by atoms with Crippen molar-refractivity contribution >= 4 is 29.7 Å². The first-order valence-electron chi connectivity index (χ1n) is 19.1. The highest BCUT2D eigenvalue weighted by atomic mass is 19.1. The second-order valence-corrected chi connectivity index (χ2v) is 13.9. The van der Waals surface area contributed by atoms with Crippen molar-refractivity contribution in [3.8, 4) is 35.1 Å². The summed E-state index contributed by atoms with van der Waals surface area (Å²) in [5.74, 6) is -5.76. The van der Waals surface area contributed by atoms with Gasteiger partial charge in [0.15, 0.2) is 17.8 Å². The van der Waals surface area contributed by atoms with Crippen LogP contribution in [0.5, 0.6) is 29.0 Å². The molecule has 0 bridgehead atoms. The highest BCUT2D eigenvalue weighted by Gasteiger charge is 2.44. The van der Waals surface area contributed by atoms with Gasteiger partial charge in [0, 0.05) is 24.7 Å². The Morgan fingerprint density at radius 3 is 2.32 bits per heavy atom. The molecular weight excluding hydrogens is 736 g/mol. The van der Waals surface area contributed by atoms with Gasteiger partial charge in [0.2, 0.25) is 11.6 Å². The van der Waals surface area contributed by atoms with Gasteiger partial charge in [0.25, 0.3) is 11.8 Å². The standard InChI is InChI=1S/C43H46F2N5O7/c1-5-49(34-18-17-30(42(51)53-6-2)23-33(34)43(52)54-7-3)39-37(44)40(56-32-15-11-14-31(24-32)50(4)21-20-47-27-50)48-41(38(39)45)57-36-22-29(25-46)16-19-35(36)55-26-28-12-9-8-10-13-28/h8-16,19,22,24,27,30,33-34H,5-7,17-18,20-21,23,26H2,1-4H3/q+1. The number of carbonyl (C=O) groups excluding carboxylic acids is 2. The number of halogens is 2. The topological polar surface area (TPSA) is 133 Å². The van der Waals surface area contributed by atoms with E-state index in [9.17, 15) is 14.9 Å². The third kappa shape index (κ3) is 9.16. The second kappa shape index (κ2) is 18.3. The molecule has 14 heteroatoms. The number of anilines is 1. The number of aliphatic imine (C=N–C) groups is 1. The fourth-order valence-corrected chi connectivity index (χ4v) is 7.29. The van der Waals surface area contributed by atoms with E-state index in [4.69, 9.17) is 23.7 Å². The first-order valence-corrected chi connectivity index (χ1v) is 19.1. The molecule has 1 aliphatic heterocycles. The zero-order valence-electron chi connectivity index (χ0n) is 32.5. The summed E-state index contributed by atoms with van der Waals surface area (Å²) in [6, 6.07) is 22.1. The molecule has 6 rings (SSSR count). The van der Waals surface area contributed by atoms with E-state index >= 15 is 8.78 Å². The van der Waals surface area contributed by atoms with Crippen molar-refractivity contribution in [2.24, 2.45) is 16.8 Å². The molecule has 0 spiro atoms. The Bertz CT molecular complexity index is 2150. The molecule has 4 unspecified atom stereocenters. The van der Waals surface area contributed by atoms with E-state index in [1.807, 2.05) is 49.8 Å². The lowest BCUT2D eigenvalue weighted by molar-refractivity contribution is -0.155. The average molecular weight is 783 g/mol. The smallest absolute Gasteiger partial charge is 0.311 e. The Labute approximate surface area is 330 Å². The van der Waals surface area contributed by atoms with Crippen LogP contribution in [0.4, 0.5) is 20.2 Å². The zero-order valence-corrected chi connectivity index (χ0v) is 32.5. The number of aromatic nitrogens is 1. The summed E-state index contributed by atoms with van der Waals surface area (Å²) in [4.78, 5) is 36.4. The van der Waals surface area contributed by atoms with Gasteiger partial charge in [0.1, 0.15) is 30.3 Å². The maximum absolute atomic E-state index is 17.2. The van der Waals surface area contributed by atoms with Crippen molar-refractivity contribution in [3.05, 3.63) is 95.6 Å². The lowest BCUT2D eigenvalue weighted by atomic mass is 9.77. The number of benzene rings is 3. The van der Waals surface area contributed by atoms with E-state index in [-0.39, 0.29) is 62.0 Å². The maximum atomic E-state index is 17.2. The molecule has 2 heterocycles. The predicted molar refractivity (Wildman–Crippen MR) is 210 cm³/mol. The molecule has 0 N–H and O–H groups in total. The van der Waals surface area contributed by atoms with Crippen molar-refractivity contribution < 1.29 is 42.1 Å². The van der Waals surface area contributed by atoms with E-state index in [1.165, 1.54) is 23.1 Å². The number of hydrogen-bond acceptors (Lipinski definition) is 11. The molecule has 57 heavy (non-hydrogen) atoms. The van der Waals surface area contributed by atoms with E-state index in [0.717, 1.165) is 17.8 Å². The first-order chi connectivity index (χ1) is 27.6. The van der Waals surface area contributed by atoms with Gasteiger partial charge in [-0.3, -0.25) is 9.59 Å². The van der Waals surface area contributed by atoms with Crippen LogP contribution in [0.15, 0.2) is 77.8 Å². The van der Waals surface area contributed by atoms with Crippen molar-refractivity contribution in [2.75, 3.05) is 44.8 Å². The van der Waals surface area contributed by atoms with Crippen molar-refractivity contribution in [2.45, 2.75) is 52.7 Å². The number of likely N-dealkylation sites (N-methyl/N-ethyl adjacent to an activating group) is 1. The van der Waals surface area contributed by atoms with Crippen LogP contribution < -0.4 is 23.6 Å². The lowest BCUT2D eigenvalue weighted by Crippen LogP contribution is -2.49. The van der Waals surface area contributed by atoms with Crippen LogP contribution >= 0.6 is 0 Å². The third-order valence-electron chi connectivity index (χ3n) is 10.2. The summed E-state index contributed by atoms with van der Waals surface area (Å²) in [6.07, 6.45) is 2.42. The first kappa shape index (κ1) is 40.6. The fraction of sp³-hybridized carbons (Fsp3) is 0.372. The number of nitriles is 1. The fourth-order valence-electron chi connectivity index (χ4n) is 7.29. The molecule has 2 aliphatic rings. The Hall–Kier alpha value is -6.07. The summed E-state index contributed by atoms with van der Waals surface area (Å²) in [5, 5.41) is 9.74. The SMILES string of the molecule is CCOC(=O)C1CCC(N(CC)c2c(F)c(Oc3cccc([N+]4(C)C=NCC4)c3)nc(Oc3cc(C#N)ccc3OCc3ccccc3)c2F)C(C(=O)OCC)C1. The molecule has 298 valence electrons. The predicted octanol–water partition coefficient (Wildman–Crippen LogP) is 8.11. The maximum Gasteiger partial charge on any atom is 0.311 e. The van der Waals surface area contributed by atoms with Gasteiger partial charge in [-0.2, -0.15) is 19.0 Å². The molecule has 12 nitrogen and oxygen atoms in total. The molecule has 0 amide bonds. The van der Waals surface area contributed by atoms with Gasteiger partial charge in [-0.25, -0.2) is 9.48 Å². The Kier molecular flexibility index (Phi) is 13.0. The van der Waals surface area contributed by atoms with E-state index in [2.05, 4.69) is 16.0 Å². The van der Waals surface area contributed by atoms with Crippen molar-refractivity contribution in [1.29, 1.82) is 5.26 Å². The molecule has 1 aliphatic carbocycles. The summed E-state index contributed by atoms with van der Waals surface area (Å²) < 4.78 is 63.7. The van der Waals surface area contributed by atoms with Crippen LogP contribution in [-0.2, 0) is 25.7 Å². The van der Waals surface area contributed by atoms with Gasteiger partial charge < -0.3 is 28.6 Å². The molecule has 1 saturated carbocycles.